The molecule has 0 spiro atoms. The second-order valence-corrected chi connectivity index (χ2v) is 2.13. The van der Waals surface area contributed by atoms with Gasteiger partial charge in [-0.1, -0.05) is 30.3 Å². The fourth-order valence-electron chi connectivity index (χ4n) is 0.797. The first-order valence-corrected chi connectivity index (χ1v) is 3.11. The average Bonchev–Trinajstić information content (AvgIpc) is 1.88. The Morgan fingerprint density at radius 2 is 1.82 bits per heavy atom. The molecule has 0 saturated heterocycles. The molecule has 0 fully saturated rings. The van der Waals surface area contributed by atoms with Crippen LogP contribution in [-0.2, 0) is 11.2 Å². The summed E-state index contributed by atoms with van der Waals surface area (Å²) in [4.78, 5) is 10.4. The van der Waals surface area contributed by atoms with E-state index in [0.717, 1.165) is 5.56 Å². The molecule has 0 aliphatic carbocycles. The molecule has 0 heterocycles. The standard InChI is InChI=1S/C8H9NO.K.H/c9-8(10)6-7-4-2-1-3-5-7;;/h1-5H,6H2,(H2,9,10);;. The molecule has 2 N–H and O–H groups in total. The Bertz CT molecular complexity index is 223. The minimum atomic E-state index is -0.286. The molecule has 3 heteroatoms. The number of carbonyl (C=O) groups is 1. The van der Waals surface area contributed by atoms with Gasteiger partial charge in [0, 0.05) is 0 Å². The number of hydrogen-bond donors (Lipinski definition) is 1. The van der Waals surface area contributed by atoms with Crippen LogP contribution in [0.15, 0.2) is 30.3 Å². The van der Waals surface area contributed by atoms with Crippen LogP contribution in [0.1, 0.15) is 5.56 Å². The molecular weight excluding hydrogens is 165 g/mol. The molecule has 1 aromatic carbocycles. The van der Waals surface area contributed by atoms with Crippen molar-refractivity contribution in [3.05, 3.63) is 35.9 Å². The van der Waals surface area contributed by atoms with E-state index in [9.17, 15) is 4.79 Å². The summed E-state index contributed by atoms with van der Waals surface area (Å²) in [5.74, 6) is -0.286. The third-order valence-corrected chi connectivity index (χ3v) is 1.22. The van der Waals surface area contributed by atoms with Gasteiger partial charge in [0.05, 0.1) is 6.42 Å². The SMILES string of the molecule is NC(=O)Cc1ccccc1.[KH]. The summed E-state index contributed by atoms with van der Waals surface area (Å²) in [5, 5.41) is 0. The maximum atomic E-state index is 10.4. The average molecular weight is 175 g/mol. The Hall–Kier alpha value is 0.326. The number of rotatable bonds is 2. The van der Waals surface area contributed by atoms with E-state index in [1.807, 2.05) is 30.3 Å². The maximum absolute atomic E-state index is 10.4. The Kier molecular flexibility index (Phi) is 6.09. The first-order chi connectivity index (χ1) is 4.79. The summed E-state index contributed by atoms with van der Waals surface area (Å²) >= 11 is 0. The molecule has 0 atom stereocenters. The van der Waals surface area contributed by atoms with Crippen LogP contribution in [0.4, 0.5) is 0 Å². The normalized spacial score (nSPS) is 8.36. The quantitative estimate of drug-likeness (QED) is 0.635. The summed E-state index contributed by atoms with van der Waals surface area (Å²) in [6.07, 6.45) is 0.334. The minimum absolute atomic E-state index is 0. The predicted molar refractivity (Wildman–Crippen MR) is 46.5 cm³/mol. The number of amides is 1. The van der Waals surface area contributed by atoms with Crippen LogP contribution in [0.2, 0.25) is 0 Å². The first kappa shape index (κ1) is 11.3. The van der Waals surface area contributed by atoms with Gasteiger partial charge in [-0.05, 0) is 5.56 Å². The molecule has 1 aromatic rings. The monoisotopic (exact) mass is 175 g/mol. The van der Waals surface area contributed by atoms with Crippen LogP contribution in [0.3, 0.4) is 0 Å². The van der Waals surface area contributed by atoms with Gasteiger partial charge in [0.2, 0.25) is 5.91 Å². The van der Waals surface area contributed by atoms with Gasteiger partial charge in [-0.15, -0.1) is 0 Å². The van der Waals surface area contributed by atoms with E-state index in [0.29, 0.717) is 6.42 Å². The second-order valence-electron chi connectivity index (χ2n) is 2.13. The molecule has 0 unspecified atom stereocenters. The number of benzene rings is 1. The predicted octanol–water partition coefficient (Wildman–Crippen LogP) is 0.0659. The van der Waals surface area contributed by atoms with Crippen molar-refractivity contribution in [3.63, 3.8) is 0 Å². The van der Waals surface area contributed by atoms with Crippen LogP contribution in [0.25, 0.3) is 0 Å². The fourth-order valence-corrected chi connectivity index (χ4v) is 0.797. The van der Waals surface area contributed by atoms with Crippen LogP contribution >= 0.6 is 0 Å². The molecule has 1 rings (SSSR count). The van der Waals surface area contributed by atoms with Crippen LogP contribution in [0.5, 0.6) is 0 Å². The van der Waals surface area contributed by atoms with Crippen LogP contribution < -0.4 is 5.73 Å². The van der Waals surface area contributed by atoms with Crippen molar-refractivity contribution in [2.24, 2.45) is 5.73 Å². The molecule has 1 amide bonds. The molecule has 54 valence electrons. The van der Waals surface area contributed by atoms with Crippen molar-refractivity contribution in [1.29, 1.82) is 0 Å². The van der Waals surface area contributed by atoms with Gasteiger partial charge >= 0.3 is 51.4 Å². The van der Waals surface area contributed by atoms with E-state index in [1.165, 1.54) is 0 Å². The van der Waals surface area contributed by atoms with E-state index in [2.05, 4.69) is 0 Å². The molecule has 0 saturated carbocycles. The van der Waals surface area contributed by atoms with Gasteiger partial charge in [0.15, 0.2) is 0 Å². The number of hydrogen-bond acceptors (Lipinski definition) is 1. The van der Waals surface area contributed by atoms with E-state index in [-0.39, 0.29) is 57.3 Å². The van der Waals surface area contributed by atoms with Gasteiger partial charge < -0.3 is 5.73 Å². The van der Waals surface area contributed by atoms with Crippen molar-refractivity contribution in [1.82, 2.24) is 0 Å². The first-order valence-electron chi connectivity index (χ1n) is 3.11. The Morgan fingerprint density at radius 1 is 1.27 bits per heavy atom. The molecule has 0 aromatic heterocycles. The van der Waals surface area contributed by atoms with Gasteiger partial charge in [0.25, 0.3) is 0 Å². The molecule has 0 bridgehead atoms. The van der Waals surface area contributed by atoms with Gasteiger partial charge in [0.1, 0.15) is 0 Å². The fraction of sp³-hybridized carbons (Fsp3) is 0.125. The molecule has 2 nitrogen and oxygen atoms in total. The van der Waals surface area contributed by atoms with Crippen molar-refractivity contribution >= 4 is 57.3 Å². The van der Waals surface area contributed by atoms with Crippen molar-refractivity contribution in [2.75, 3.05) is 0 Å². The number of primary amides is 1. The number of nitrogens with two attached hydrogens (primary N) is 1. The summed E-state index contributed by atoms with van der Waals surface area (Å²) in [5.41, 5.74) is 5.95. The third-order valence-electron chi connectivity index (χ3n) is 1.22. The Morgan fingerprint density at radius 3 is 2.27 bits per heavy atom. The summed E-state index contributed by atoms with van der Waals surface area (Å²) in [7, 11) is 0. The van der Waals surface area contributed by atoms with E-state index >= 15 is 0 Å². The summed E-state index contributed by atoms with van der Waals surface area (Å²) in [6, 6.07) is 9.44. The Labute approximate surface area is 109 Å². The zero-order valence-electron chi connectivity index (χ0n) is 5.58. The molecule has 0 aliphatic rings. The van der Waals surface area contributed by atoms with Crippen LogP contribution in [0, 0.1) is 0 Å². The molecular formula is C8H10KNO. The van der Waals surface area contributed by atoms with Gasteiger partial charge in [-0.2, -0.15) is 0 Å². The second kappa shape index (κ2) is 5.91. The molecule has 11 heavy (non-hydrogen) atoms. The van der Waals surface area contributed by atoms with Crippen molar-refractivity contribution in [2.45, 2.75) is 6.42 Å². The van der Waals surface area contributed by atoms with E-state index in [4.69, 9.17) is 5.73 Å². The summed E-state index contributed by atoms with van der Waals surface area (Å²) in [6.45, 7) is 0. The van der Waals surface area contributed by atoms with E-state index < -0.39 is 0 Å². The third kappa shape index (κ3) is 4.71. The zero-order chi connectivity index (χ0) is 7.40. The van der Waals surface area contributed by atoms with E-state index in [1.54, 1.807) is 0 Å². The molecule has 0 radical (unpaired) electrons. The van der Waals surface area contributed by atoms with Crippen molar-refractivity contribution in [3.8, 4) is 0 Å². The van der Waals surface area contributed by atoms with Crippen molar-refractivity contribution < 1.29 is 4.79 Å². The van der Waals surface area contributed by atoms with Crippen LogP contribution in [-0.4, -0.2) is 57.3 Å². The van der Waals surface area contributed by atoms with Gasteiger partial charge in [-0.25, -0.2) is 0 Å². The number of carbonyl (C=O) groups excluding carboxylic acids is 1. The van der Waals surface area contributed by atoms with Gasteiger partial charge in [-0.3, -0.25) is 4.79 Å². The topological polar surface area (TPSA) is 43.1 Å². The Balaban J connectivity index is 0.000001000. The molecule has 0 aliphatic heterocycles. The summed E-state index contributed by atoms with van der Waals surface area (Å²) < 4.78 is 0. The zero-order valence-corrected chi connectivity index (χ0v) is 5.58.